The van der Waals surface area contributed by atoms with Gasteiger partial charge in [0.25, 0.3) is 0 Å². The van der Waals surface area contributed by atoms with Gasteiger partial charge in [-0.25, -0.2) is 9.78 Å². The van der Waals surface area contributed by atoms with Gasteiger partial charge in [0, 0.05) is 12.6 Å². The van der Waals surface area contributed by atoms with Crippen LogP contribution >= 0.6 is 15.9 Å². The summed E-state index contributed by atoms with van der Waals surface area (Å²) in [6.07, 6.45) is 0.245. The minimum Gasteiger partial charge on any atom is -0.479 e. The van der Waals surface area contributed by atoms with Gasteiger partial charge in [0.15, 0.2) is 6.10 Å². The Morgan fingerprint density at radius 2 is 2.31 bits per heavy atom. The number of halogens is 1. The summed E-state index contributed by atoms with van der Waals surface area (Å²) in [5, 5.41) is 17.4. The Kier molecular flexibility index (Phi) is 3.39. The van der Waals surface area contributed by atoms with Gasteiger partial charge in [0.1, 0.15) is 4.60 Å². The lowest BCUT2D eigenvalue weighted by molar-refractivity contribution is -0.146. The van der Waals surface area contributed by atoms with E-state index in [1.807, 2.05) is 0 Å². The van der Waals surface area contributed by atoms with E-state index < -0.39 is 12.1 Å². The number of aliphatic hydroxyl groups excluding tert-OH is 1. The molecule has 0 fully saturated rings. The second kappa shape index (κ2) is 4.34. The highest BCUT2D eigenvalue weighted by molar-refractivity contribution is 9.10. The molecule has 0 aliphatic carbocycles. The Balaban J connectivity index is 2.64. The first-order chi connectivity index (χ1) is 6.09. The zero-order valence-corrected chi connectivity index (χ0v) is 8.23. The Hall–Kier alpha value is -0.940. The molecule has 0 aliphatic heterocycles. The summed E-state index contributed by atoms with van der Waals surface area (Å²) in [6, 6.07) is 3.41. The van der Waals surface area contributed by atoms with Crippen molar-refractivity contribution in [3.05, 3.63) is 28.5 Å². The standard InChI is InChI=1S/C8H8BrNO3/c9-7-2-1-5(4-10-7)3-6(11)8(12)13/h1-2,4,6,11H,3H2,(H,12,13). The molecule has 0 radical (unpaired) electrons. The fourth-order valence-corrected chi connectivity index (χ4v) is 1.07. The van der Waals surface area contributed by atoms with E-state index in [0.29, 0.717) is 10.2 Å². The lowest BCUT2D eigenvalue weighted by atomic mass is 10.1. The van der Waals surface area contributed by atoms with Crippen molar-refractivity contribution in [2.24, 2.45) is 0 Å². The van der Waals surface area contributed by atoms with E-state index >= 15 is 0 Å². The third-order valence-electron chi connectivity index (χ3n) is 1.50. The predicted octanol–water partition coefficient (Wildman–Crippen LogP) is 0.832. The molecule has 1 unspecified atom stereocenters. The summed E-state index contributed by atoms with van der Waals surface area (Å²) in [7, 11) is 0. The van der Waals surface area contributed by atoms with E-state index in [9.17, 15) is 4.79 Å². The van der Waals surface area contributed by atoms with Crippen molar-refractivity contribution < 1.29 is 15.0 Å². The number of aromatic nitrogens is 1. The van der Waals surface area contributed by atoms with Gasteiger partial charge in [-0.15, -0.1) is 0 Å². The van der Waals surface area contributed by atoms with E-state index in [-0.39, 0.29) is 6.42 Å². The summed E-state index contributed by atoms with van der Waals surface area (Å²) >= 11 is 3.15. The molecular formula is C8H8BrNO3. The first-order valence-electron chi connectivity index (χ1n) is 3.61. The quantitative estimate of drug-likeness (QED) is 0.775. The number of aliphatic hydroxyl groups is 1. The lowest BCUT2D eigenvalue weighted by Gasteiger charge is -2.04. The van der Waals surface area contributed by atoms with Crippen molar-refractivity contribution in [2.45, 2.75) is 12.5 Å². The molecule has 1 rings (SSSR count). The molecule has 0 saturated heterocycles. The number of carboxylic acid groups (broad SMARTS) is 1. The summed E-state index contributed by atoms with van der Waals surface area (Å²) < 4.78 is 0.682. The molecule has 0 spiro atoms. The van der Waals surface area contributed by atoms with Crippen LogP contribution in [-0.2, 0) is 11.2 Å². The number of aliphatic carboxylic acids is 1. The third kappa shape index (κ3) is 3.12. The number of carboxylic acids is 1. The SMILES string of the molecule is O=C(O)C(O)Cc1ccc(Br)nc1. The fraction of sp³-hybridized carbons (Fsp3) is 0.250. The van der Waals surface area contributed by atoms with Gasteiger partial charge in [-0.2, -0.15) is 0 Å². The largest absolute Gasteiger partial charge is 0.479 e. The minimum atomic E-state index is -1.36. The van der Waals surface area contributed by atoms with Crippen molar-refractivity contribution in [3.63, 3.8) is 0 Å². The highest BCUT2D eigenvalue weighted by Crippen LogP contribution is 2.08. The molecule has 0 amide bonds. The number of hydrogen-bond donors (Lipinski definition) is 2. The van der Waals surface area contributed by atoms with Gasteiger partial charge in [-0.3, -0.25) is 0 Å². The van der Waals surface area contributed by atoms with Gasteiger partial charge in [-0.1, -0.05) is 6.07 Å². The minimum absolute atomic E-state index is 0.0790. The van der Waals surface area contributed by atoms with Crippen LogP contribution in [0.1, 0.15) is 5.56 Å². The van der Waals surface area contributed by atoms with Gasteiger partial charge < -0.3 is 10.2 Å². The number of rotatable bonds is 3. The number of nitrogens with zero attached hydrogens (tertiary/aromatic N) is 1. The maximum atomic E-state index is 10.3. The van der Waals surface area contributed by atoms with Gasteiger partial charge in [-0.05, 0) is 27.6 Å². The normalized spacial score (nSPS) is 12.5. The summed E-state index contributed by atoms with van der Waals surface area (Å²) in [5.74, 6) is -1.22. The molecule has 2 N–H and O–H groups in total. The van der Waals surface area contributed by atoms with Crippen molar-refractivity contribution in [2.75, 3.05) is 0 Å². The molecule has 0 bridgehead atoms. The first kappa shape index (κ1) is 10.1. The van der Waals surface area contributed by atoms with Crippen molar-refractivity contribution >= 4 is 21.9 Å². The van der Waals surface area contributed by atoms with E-state index in [1.165, 1.54) is 6.20 Å². The van der Waals surface area contributed by atoms with E-state index in [4.69, 9.17) is 10.2 Å². The Labute approximate surface area is 83.4 Å². The molecule has 0 aliphatic rings. The second-order valence-electron chi connectivity index (χ2n) is 2.55. The molecular weight excluding hydrogens is 238 g/mol. The smallest absolute Gasteiger partial charge is 0.332 e. The summed E-state index contributed by atoms with van der Waals surface area (Å²) in [4.78, 5) is 14.2. The van der Waals surface area contributed by atoms with E-state index in [2.05, 4.69) is 20.9 Å². The highest BCUT2D eigenvalue weighted by atomic mass is 79.9. The molecule has 1 aromatic heterocycles. The van der Waals surface area contributed by atoms with Crippen LogP contribution in [0.25, 0.3) is 0 Å². The summed E-state index contributed by atoms with van der Waals surface area (Å²) in [5.41, 5.74) is 0.693. The monoisotopic (exact) mass is 245 g/mol. The Bertz CT molecular complexity index is 299. The Morgan fingerprint density at radius 3 is 2.77 bits per heavy atom. The zero-order valence-electron chi connectivity index (χ0n) is 6.64. The number of hydrogen-bond acceptors (Lipinski definition) is 3. The van der Waals surface area contributed by atoms with Gasteiger partial charge in [0.2, 0.25) is 0 Å². The lowest BCUT2D eigenvalue weighted by Crippen LogP contribution is -2.21. The first-order valence-corrected chi connectivity index (χ1v) is 4.40. The van der Waals surface area contributed by atoms with Crippen molar-refractivity contribution in [1.82, 2.24) is 4.98 Å². The van der Waals surface area contributed by atoms with Crippen LogP contribution in [-0.4, -0.2) is 27.3 Å². The van der Waals surface area contributed by atoms with Crippen molar-refractivity contribution in [3.8, 4) is 0 Å². The van der Waals surface area contributed by atoms with Crippen LogP contribution in [0.4, 0.5) is 0 Å². The third-order valence-corrected chi connectivity index (χ3v) is 1.97. The average Bonchev–Trinajstić information content (AvgIpc) is 2.08. The molecule has 0 aromatic carbocycles. The van der Waals surface area contributed by atoms with Crippen LogP contribution in [0, 0.1) is 0 Å². The van der Waals surface area contributed by atoms with Crippen LogP contribution in [0.5, 0.6) is 0 Å². The maximum Gasteiger partial charge on any atom is 0.332 e. The fourth-order valence-electron chi connectivity index (χ4n) is 0.838. The molecule has 0 saturated carbocycles. The van der Waals surface area contributed by atoms with Crippen LogP contribution in [0.2, 0.25) is 0 Å². The Morgan fingerprint density at radius 1 is 1.62 bits per heavy atom. The van der Waals surface area contributed by atoms with Crippen LogP contribution in [0.15, 0.2) is 22.9 Å². The molecule has 13 heavy (non-hydrogen) atoms. The molecule has 1 heterocycles. The molecule has 1 atom stereocenters. The molecule has 4 nitrogen and oxygen atoms in total. The molecule has 1 aromatic rings. The highest BCUT2D eigenvalue weighted by Gasteiger charge is 2.13. The molecule has 70 valence electrons. The number of carbonyl (C=O) groups is 1. The zero-order chi connectivity index (χ0) is 9.84. The number of pyridine rings is 1. The van der Waals surface area contributed by atoms with Gasteiger partial charge in [0.05, 0.1) is 0 Å². The van der Waals surface area contributed by atoms with E-state index in [1.54, 1.807) is 12.1 Å². The van der Waals surface area contributed by atoms with Gasteiger partial charge >= 0.3 is 5.97 Å². The van der Waals surface area contributed by atoms with Crippen LogP contribution in [0.3, 0.4) is 0 Å². The van der Waals surface area contributed by atoms with E-state index in [0.717, 1.165) is 0 Å². The second-order valence-corrected chi connectivity index (χ2v) is 3.36. The van der Waals surface area contributed by atoms with Crippen molar-refractivity contribution in [1.29, 1.82) is 0 Å². The molecule has 5 heteroatoms. The summed E-state index contributed by atoms with van der Waals surface area (Å²) in [6.45, 7) is 0. The predicted molar refractivity (Wildman–Crippen MR) is 49.3 cm³/mol. The average molecular weight is 246 g/mol. The van der Waals surface area contributed by atoms with Crippen LogP contribution < -0.4 is 0 Å². The topological polar surface area (TPSA) is 70.4 Å². The maximum absolute atomic E-state index is 10.3.